The summed E-state index contributed by atoms with van der Waals surface area (Å²) in [7, 11) is -3.42. The lowest BCUT2D eigenvalue weighted by Crippen LogP contribution is -2.25. The summed E-state index contributed by atoms with van der Waals surface area (Å²) in [6, 6.07) is 5.40. The average molecular weight is 295 g/mol. The van der Waals surface area contributed by atoms with Crippen LogP contribution in [0.4, 0.5) is 0 Å². The molecule has 20 heavy (non-hydrogen) atoms. The number of sulfonamides is 1. The van der Waals surface area contributed by atoms with Gasteiger partial charge in [-0.1, -0.05) is 6.07 Å². The van der Waals surface area contributed by atoms with Crippen molar-refractivity contribution in [3.63, 3.8) is 0 Å². The van der Waals surface area contributed by atoms with Crippen LogP contribution in [-0.4, -0.2) is 20.8 Å². The van der Waals surface area contributed by atoms with Crippen molar-refractivity contribution in [2.24, 2.45) is 5.73 Å². The third-order valence-electron chi connectivity index (χ3n) is 3.55. The van der Waals surface area contributed by atoms with Crippen molar-refractivity contribution in [1.29, 1.82) is 5.41 Å². The number of nitrogens with two attached hydrogens (primary N) is 1. The number of amidine groups is 1. The summed E-state index contributed by atoms with van der Waals surface area (Å²) in [5.74, 6) is 0.145. The van der Waals surface area contributed by atoms with Crippen molar-refractivity contribution in [2.75, 3.05) is 6.54 Å². The Morgan fingerprint density at radius 2 is 2.00 bits per heavy atom. The number of aryl methyl sites for hydroxylation is 2. The molecule has 1 aromatic carbocycles. The van der Waals surface area contributed by atoms with Crippen LogP contribution in [0.3, 0.4) is 0 Å². The van der Waals surface area contributed by atoms with Crippen LogP contribution in [0, 0.1) is 5.41 Å². The van der Waals surface area contributed by atoms with Crippen LogP contribution in [0.25, 0.3) is 0 Å². The quantitative estimate of drug-likeness (QED) is 0.404. The summed E-state index contributed by atoms with van der Waals surface area (Å²) >= 11 is 0. The fourth-order valence-electron chi connectivity index (χ4n) is 2.45. The Bertz CT molecular complexity index is 596. The van der Waals surface area contributed by atoms with Gasteiger partial charge in [-0.25, -0.2) is 13.1 Å². The predicted octanol–water partition coefficient (Wildman–Crippen LogP) is 1.56. The normalized spacial score (nSPS) is 14.2. The molecule has 6 heteroatoms. The zero-order chi connectivity index (χ0) is 14.6. The molecule has 0 heterocycles. The number of rotatable bonds is 7. The summed E-state index contributed by atoms with van der Waals surface area (Å²) < 4.78 is 26.9. The molecule has 0 unspecified atom stereocenters. The van der Waals surface area contributed by atoms with Crippen LogP contribution in [0.1, 0.15) is 36.8 Å². The number of nitrogens with one attached hydrogen (secondary N) is 2. The SMILES string of the molecule is N=C(N)CCCCNS(=O)(=O)c1ccc2c(c1)CCC2. The predicted molar refractivity (Wildman–Crippen MR) is 79.4 cm³/mol. The number of benzene rings is 1. The molecule has 0 saturated carbocycles. The number of fused-ring (bicyclic) bond motifs is 1. The minimum Gasteiger partial charge on any atom is -0.388 e. The first-order chi connectivity index (χ1) is 9.49. The molecular formula is C14H21N3O2S. The largest absolute Gasteiger partial charge is 0.388 e. The van der Waals surface area contributed by atoms with Crippen LogP contribution < -0.4 is 10.5 Å². The molecule has 0 amide bonds. The Labute approximate surface area is 120 Å². The standard InChI is InChI=1S/C14H21N3O2S/c15-14(16)6-1-2-9-17-20(18,19)13-8-7-11-4-3-5-12(11)10-13/h7-8,10,17H,1-6,9H2,(H3,15,16). The maximum absolute atomic E-state index is 12.2. The molecule has 0 spiro atoms. The van der Waals surface area contributed by atoms with E-state index in [2.05, 4.69) is 4.72 Å². The Morgan fingerprint density at radius 3 is 2.75 bits per heavy atom. The highest BCUT2D eigenvalue weighted by Crippen LogP contribution is 2.24. The second-order valence-corrected chi connectivity index (χ2v) is 6.93. The fraction of sp³-hybridized carbons (Fsp3) is 0.500. The molecule has 110 valence electrons. The van der Waals surface area contributed by atoms with E-state index in [4.69, 9.17) is 11.1 Å². The summed E-state index contributed by atoms with van der Waals surface area (Å²) in [4.78, 5) is 0.352. The molecule has 2 rings (SSSR count). The van der Waals surface area contributed by atoms with Gasteiger partial charge in [-0.15, -0.1) is 0 Å². The summed E-state index contributed by atoms with van der Waals surface area (Å²) in [5, 5.41) is 7.10. The van der Waals surface area contributed by atoms with Gasteiger partial charge in [-0.05, 0) is 55.4 Å². The van der Waals surface area contributed by atoms with Crippen molar-refractivity contribution in [1.82, 2.24) is 4.72 Å². The Morgan fingerprint density at radius 1 is 1.25 bits per heavy atom. The first-order valence-electron chi connectivity index (χ1n) is 6.93. The monoisotopic (exact) mass is 295 g/mol. The van der Waals surface area contributed by atoms with Crippen molar-refractivity contribution < 1.29 is 8.42 Å². The van der Waals surface area contributed by atoms with Gasteiger partial charge in [0.15, 0.2) is 0 Å². The van der Waals surface area contributed by atoms with Gasteiger partial charge in [-0.3, -0.25) is 5.41 Å². The zero-order valence-electron chi connectivity index (χ0n) is 11.5. The number of hydrogen-bond donors (Lipinski definition) is 3. The van der Waals surface area contributed by atoms with Gasteiger partial charge in [-0.2, -0.15) is 0 Å². The van der Waals surface area contributed by atoms with E-state index >= 15 is 0 Å². The van der Waals surface area contributed by atoms with Gasteiger partial charge in [0.2, 0.25) is 10.0 Å². The van der Waals surface area contributed by atoms with Gasteiger partial charge in [0.05, 0.1) is 10.7 Å². The molecule has 0 fully saturated rings. The van der Waals surface area contributed by atoms with E-state index < -0.39 is 10.0 Å². The molecule has 0 aliphatic heterocycles. The van der Waals surface area contributed by atoms with Crippen LogP contribution in [0.2, 0.25) is 0 Å². The van der Waals surface area contributed by atoms with Crippen molar-refractivity contribution >= 4 is 15.9 Å². The van der Waals surface area contributed by atoms with Crippen molar-refractivity contribution in [3.05, 3.63) is 29.3 Å². The second kappa shape index (κ2) is 6.37. The van der Waals surface area contributed by atoms with Gasteiger partial charge in [0, 0.05) is 13.0 Å². The summed E-state index contributed by atoms with van der Waals surface area (Å²) in [6.45, 7) is 0.382. The van der Waals surface area contributed by atoms with E-state index in [1.165, 1.54) is 5.56 Å². The average Bonchev–Trinajstić information content (AvgIpc) is 2.85. The highest BCUT2D eigenvalue weighted by Gasteiger charge is 2.17. The zero-order valence-corrected chi connectivity index (χ0v) is 12.3. The number of hydrogen-bond acceptors (Lipinski definition) is 3. The molecular weight excluding hydrogens is 274 g/mol. The first-order valence-corrected chi connectivity index (χ1v) is 8.42. The van der Waals surface area contributed by atoms with Gasteiger partial charge >= 0.3 is 0 Å². The molecule has 0 atom stereocenters. The third kappa shape index (κ3) is 3.80. The molecule has 1 aliphatic rings. The topological polar surface area (TPSA) is 96.0 Å². The van der Waals surface area contributed by atoms with E-state index in [0.717, 1.165) is 31.2 Å². The van der Waals surface area contributed by atoms with Gasteiger partial charge in [0.1, 0.15) is 0 Å². The van der Waals surface area contributed by atoms with E-state index in [1.807, 2.05) is 6.07 Å². The lowest BCUT2D eigenvalue weighted by atomic mass is 10.1. The summed E-state index contributed by atoms with van der Waals surface area (Å²) in [6.07, 6.45) is 5.05. The summed E-state index contributed by atoms with van der Waals surface area (Å²) in [5.41, 5.74) is 7.67. The van der Waals surface area contributed by atoms with Crippen LogP contribution in [-0.2, 0) is 22.9 Å². The fourth-order valence-corrected chi connectivity index (χ4v) is 3.57. The van der Waals surface area contributed by atoms with E-state index in [-0.39, 0.29) is 5.84 Å². The van der Waals surface area contributed by atoms with Crippen molar-refractivity contribution in [2.45, 2.75) is 43.4 Å². The Balaban J connectivity index is 1.91. The smallest absolute Gasteiger partial charge is 0.240 e. The Kier molecular flexibility index (Phi) is 4.77. The lowest BCUT2D eigenvalue weighted by Gasteiger charge is -2.08. The van der Waals surface area contributed by atoms with E-state index in [9.17, 15) is 8.42 Å². The van der Waals surface area contributed by atoms with Crippen LogP contribution >= 0.6 is 0 Å². The molecule has 0 aromatic heterocycles. The first kappa shape index (κ1) is 15.0. The minimum atomic E-state index is -3.42. The van der Waals surface area contributed by atoms with E-state index in [0.29, 0.717) is 24.3 Å². The number of unbranched alkanes of at least 4 members (excludes halogenated alkanes) is 1. The highest BCUT2D eigenvalue weighted by molar-refractivity contribution is 7.89. The van der Waals surface area contributed by atoms with Crippen LogP contribution in [0.15, 0.2) is 23.1 Å². The highest BCUT2D eigenvalue weighted by atomic mass is 32.2. The second-order valence-electron chi connectivity index (χ2n) is 5.16. The molecule has 0 saturated heterocycles. The molecule has 5 nitrogen and oxygen atoms in total. The molecule has 4 N–H and O–H groups in total. The maximum atomic E-state index is 12.2. The Hall–Kier alpha value is -1.40. The molecule has 0 bridgehead atoms. The lowest BCUT2D eigenvalue weighted by molar-refractivity contribution is 0.577. The van der Waals surface area contributed by atoms with Crippen molar-refractivity contribution in [3.8, 4) is 0 Å². The third-order valence-corrected chi connectivity index (χ3v) is 5.00. The minimum absolute atomic E-state index is 0.145. The maximum Gasteiger partial charge on any atom is 0.240 e. The van der Waals surface area contributed by atoms with Gasteiger partial charge < -0.3 is 5.73 Å². The molecule has 1 aromatic rings. The van der Waals surface area contributed by atoms with Crippen LogP contribution in [0.5, 0.6) is 0 Å². The molecule has 1 aliphatic carbocycles. The van der Waals surface area contributed by atoms with E-state index in [1.54, 1.807) is 12.1 Å². The van der Waals surface area contributed by atoms with Gasteiger partial charge in [0.25, 0.3) is 0 Å². The molecule has 0 radical (unpaired) electrons.